The first-order chi connectivity index (χ1) is 13.4. The molecular weight excluding hydrogens is 370 g/mol. The molecule has 0 unspecified atom stereocenters. The van der Waals surface area contributed by atoms with Gasteiger partial charge in [0.2, 0.25) is 5.91 Å². The van der Waals surface area contributed by atoms with Crippen LogP contribution in [0.3, 0.4) is 0 Å². The van der Waals surface area contributed by atoms with Crippen LogP contribution in [0, 0.1) is 16.0 Å². The van der Waals surface area contributed by atoms with E-state index < -0.39 is 29.3 Å². The number of carbonyl (C=O) groups excluding carboxylic acids is 3. The van der Waals surface area contributed by atoms with Crippen LogP contribution >= 0.6 is 0 Å². The van der Waals surface area contributed by atoms with E-state index in [0.29, 0.717) is 5.76 Å². The van der Waals surface area contributed by atoms with Gasteiger partial charge in [-0.3, -0.25) is 24.5 Å². The number of nitro groups is 1. The van der Waals surface area contributed by atoms with E-state index in [1.807, 2.05) is 0 Å². The van der Waals surface area contributed by atoms with Gasteiger partial charge in [0.25, 0.3) is 11.6 Å². The average molecular weight is 387 g/mol. The third-order valence-electron chi connectivity index (χ3n) is 4.16. The van der Waals surface area contributed by atoms with Gasteiger partial charge in [-0.05, 0) is 18.2 Å². The molecule has 1 fully saturated rings. The number of hydrogen-bond donors (Lipinski definition) is 1. The van der Waals surface area contributed by atoms with Gasteiger partial charge in [-0.15, -0.1) is 0 Å². The van der Waals surface area contributed by atoms with Crippen molar-refractivity contribution >= 4 is 29.2 Å². The molecule has 146 valence electrons. The second kappa shape index (κ2) is 8.33. The zero-order valence-corrected chi connectivity index (χ0v) is 14.7. The van der Waals surface area contributed by atoms with Crippen molar-refractivity contribution < 1.29 is 28.5 Å². The zero-order chi connectivity index (χ0) is 20.1. The fraction of sp³-hybridized carbons (Fsp3) is 0.278. The van der Waals surface area contributed by atoms with Crippen LogP contribution in [-0.4, -0.2) is 40.8 Å². The smallest absolute Gasteiger partial charge is 0.311 e. The summed E-state index contributed by atoms with van der Waals surface area (Å²) in [5.74, 6) is -1.53. The highest BCUT2D eigenvalue weighted by Crippen LogP contribution is 2.22. The van der Waals surface area contributed by atoms with Crippen molar-refractivity contribution in [3.8, 4) is 0 Å². The van der Waals surface area contributed by atoms with Crippen LogP contribution in [0.5, 0.6) is 0 Å². The first-order valence-electron chi connectivity index (χ1n) is 8.43. The molecule has 28 heavy (non-hydrogen) atoms. The van der Waals surface area contributed by atoms with Gasteiger partial charge in [-0.2, -0.15) is 0 Å². The van der Waals surface area contributed by atoms with E-state index in [4.69, 9.17) is 9.15 Å². The number of benzene rings is 1. The third-order valence-corrected chi connectivity index (χ3v) is 4.16. The van der Waals surface area contributed by atoms with Crippen molar-refractivity contribution in [1.29, 1.82) is 0 Å². The van der Waals surface area contributed by atoms with Crippen molar-refractivity contribution in [3.63, 3.8) is 0 Å². The largest absolute Gasteiger partial charge is 0.467 e. The Morgan fingerprint density at radius 2 is 2.14 bits per heavy atom. The minimum Gasteiger partial charge on any atom is -0.467 e. The number of hydrogen-bond acceptors (Lipinski definition) is 7. The van der Waals surface area contributed by atoms with Crippen molar-refractivity contribution in [2.24, 2.45) is 5.92 Å². The molecule has 0 spiro atoms. The van der Waals surface area contributed by atoms with Crippen molar-refractivity contribution in [3.05, 3.63) is 58.5 Å². The van der Waals surface area contributed by atoms with Gasteiger partial charge in [-0.25, -0.2) is 0 Å². The number of likely N-dealkylation sites (tertiary alicyclic amines) is 1. The summed E-state index contributed by atoms with van der Waals surface area (Å²) in [6.45, 7) is -0.0991. The van der Waals surface area contributed by atoms with Crippen LogP contribution in [0.15, 0.2) is 47.1 Å². The Bertz CT molecular complexity index is 894. The fourth-order valence-electron chi connectivity index (χ4n) is 2.82. The van der Waals surface area contributed by atoms with Crippen LogP contribution in [0.2, 0.25) is 0 Å². The lowest BCUT2D eigenvalue weighted by atomic mass is 10.1. The van der Waals surface area contributed by atoms with Crippen molar-refractivity contribution in [1.82, 2.24) is 4.90 Å². The molecule has 0 saturated carbocycles. The normalized spacial score (nSPS) is 16.1. The number of ether oxygens (including phenoxy) is 1. The maximum absolute atomic E-state index is 12.1. The maximum Gasteiger partial charge on any atom is 0.311 e. The molecule has 10 heteroatoms. The minimum absolute atomic E-state index is 0.00599. The molecule has 1 N–H and O–H groups in total. The third kappa shape index (κ3) is 4.72. The Kier molecular flexibility index (Phi) is 5.68. The van der Waals surface area contributed by atoms with Gasteiger partial charge in [-0.1, -0.05) is 6.07 Å². The molecule has 1 aromatic carbocycles. The van der Waals surface area contributed by atoms with Gasteiger partial charge in [0.1, 0.15) is 5.76 Å². The van der Waals surface area contributed by atoms with E-state index >= 15 is 0 Å². The quantitative estimate of drug-likeness (QED) is 0.434. The summed E-state index contributed by atoms with van der Waals surface area (Å²) in [6.07, 6.45) is 1.51. The van der Waals surface area contributed by atoms with Crippen molar-refractivity contribution in [2.45, 2.75) is 13.0 Å². The summed E-state index contributed by atoms with van der Waals surface area (Å²) in [5, 5.41) is 13.2. The summed E-state index contributed by atoms with van der Waals surface area (Å²) in [5.41, 5.74) is 0.0480. The summed E-state index contributed by atoms with van der Waals surface area (Å²) < 4.78 is 10.2. The standard InChI is InChI=1S/C18H17N3O7/c22-16(19-13-3-1-4-14(8-13)21(25)26)11-28-18(24)12-7-17(23)20(9-12)10-15-5-2-6-27-15/h1-6,8,12H,7,9-11H2,(H,19,22)/t12-/m0/s1. The first kappa shape index (κ1) is 19.1. The lowest BCUT2D eigenvalue weighted by molar-refractivity contribution is -0.384. The molecule has 2 heterocycles. The molecule has 0 aliphatic carbocycles. The molecule has 1 saturated heterocycles. The first-order valence-corrected chi connectivity index (χ1v) is 8.43. The molecule has 10 nitrogen and oxygen atoms in total. The van der Waals surface area contributed by atoms with Crippen LogP contribution < -0.4 is 5.32 Å². The second-order valence-corrected chi connectivity index (χ2v) is 6.22. The molecule has 0 radical (unpaired) electrons. The number of nitrogens with zero attached hydrogens (tertiary/aromatic N) is 2. The van der Waals surface area contributed by atoms with Crippen LogP contribution in [-0.2, 0) is 25.7 Å². The molecule has 1 aliphatic rings. The molecule has 1 atom stereocenters. The summed E-state index contributed by atoms with van der Waals surface area (Å²) >= 11 is 0. The topological polar surface area (TPSA) is 132 Å². The van der Waals surface area contributed by atoms with Gasteiger partial charge < -0.3 is 19.4 Å². The van der Waals surface area contributed by atoms with E-state index in [2.05, 4.69) is 5.32 Å². The lowest BCUT2D eigenvalue weighted by Crippen LogP contribution is -2.28. The molecule has 3 rings (SSSR count). The van der Waals surface area contributed by atoms with Crippen molar-refractivity contribution in [2.75, 3.05) is 18.5 Å². The van der Waals surface area contributed by atoms with E-state index in [1.165, 1.54) is 35.4 Å². The summed E-state index contributed by atoms with van der Waals surface area (Å²) in [6, 6.07) is 8.84. The molecule has 2 aromatic rings. The molecule has 1 aromatic heterocycles. The van der Waals surface area contributed by atoms with Crippen LogP contribution in [0.1, 0.15) is 12.2 Å². The Morgan fingerprint density at radius 1 is 1.32 bits per heavy atom. The van der Waals surface area contributed by atoms with Gasteiger partial charge in [0.15, 0.2) is 6.61 Å². The predicted molar refractivity (Wildman–Crippen MR) is 94.9 cm³/mol. The Hall–Kier alpha value is -3.69. The monoisotopic (exact) mass is 387 g/mol. The van der Waals surface area contributed by atoms with Crippen LogP contribution in [0.25, 0.3) is 0 Å². The molecule has 2 amide bonds. The fourth-order valence-corrected chi connectivity index (χ4v) is 2.82. The van der Waals surface area contributed by atoms with E-state index in [-0.39, 0.29) is 36.8 Å². The number of nitrogens with one attached hydrogen (secondary N) is 1. The number of esters is 1. The highest BCUT2D eigenvalue weighted by molar-refractivity contribution is 5.94. The van der Waals surface area contributed by atoms with E-state index in [0.717, 1.165) is 0 Å². The summed E-state index contributed by atoms with van der Waals surface area (Å²) in [4.78, 5) is 47.7. The lowest BCUT2D eigenvalue weighted by Gasteiger charge is -2.14. The minimum atomic E-state index is -0.659. The SMILES string of the molecule is O=C(COC(=O)[C@H]1CC(=O)N(Cc2ccco2)C1)Nc1cccc([N+](=O)[O-])c1. The number of non-ortho nitro benzene ring substituents is 1. The van der Waals surface area contributed by atoms with Gasteiger partial charge >= 0.3 is 5.97 Å². The van der Waals surface area contributed by atoms with E-state index in [9.17, 15) is 24.5 Å². The highest BCUT2D eigenvalue weighted by atomic mass is 16.6. The van der Waals surface area contributed by atoms with E-state index in [1.54, 1.807) is 12.1 Å². The Labute approximate surface area is 159 Å². The molecule has 1 aliphatic heterocycles. The molecule has 0 bridgehead atoms. The number of amides is 2. The maximum atomic E-state index is 12.1. The summed E-state index contributed by atoms with van der Waals surface area (Å²) in [7, 11) is 0. The molecular formula is C18H17N3O7. The Balaban J connectivity index is 1.47. The highest BCUT2D eigenvalue weighted by Gasteiger charge is 2.35. The number of carbonyl (C=O) groups is 3. The predicted octanol–water partition coefficient (Wildman–Crippen LogP) is 1.72. The number of furan rings is 1. The average Bonchev–Trinajstić information content (AvgIpc) is 3.30. The second-order valence-electron chi connectivity index (χ2n) is 6.22. The van der Waals surface area contributed by atoms with Crippen LogP contribution in [0.4, 0.5) is 11.4 Å². The van der Waals surface area contributed by atoms with Gasteiger partial charge in [0, 0.05) is 30.8 Å². The Morgan fingerprint density at radius 3 is 2.86 bits per heavy atom. The number of anilines is 1. The zero-order valence-electron chi connectivity index (χ0n) is 14.7. The van der Waals surface area contributed by atoms with Gasteiger partial charge in [0.05, 0.1) is 23.6 Å². The number of nitro benzene ring substituents is 1. The number of rotatable bonds is 7.